The number of rotatable bonds is 3. The second kappa shape index (κ2) is 4.76. The maximum atomic E-state index is 11.7. The molecule has 2 amide bonds. The summed E-state index contributed by atoms with van der Waals surface area (Å²) in [6.07, 6.45) is -0.315. The van der Waals surface area contributed by atoms with Gasteiger partial charge in [-0.3, -0.25) is 9.69 Å². The summed E-state index contributed by atoms with van der Waals surface area (Å²) < 4.78 is 4.79. The lowest BCUT2D eigenvalue weighted by Gasteiger charge is -2.17. The van der Waals surface area contributed by atoms with E-state index in [9.17, 15) is 14.4 Å². The van der Waals surface area contributed by atoms with Crippen molar-refractivity contribution in [1.82, 2.24) is 0 Å². The number of carboxylic acid groups (broad SMARTS) is 1. The largest absolute Gasteiger partial charge is 0.478 e. The van der Waals surface area contributed by atoms with E-state index in [4.69, 9.17) is 9.84 Å². The molecule has 0 radical (unpaired) electrons. The van der Waals surface area contributed by atoms with Gasteiger partial charge in [-0.1, -0.05) is 0 Å². The van der Waals surface area contributed by atoms with Crippen molar-refractivity contribution >= 4 is 29.8 Å². The first-order valence-corrected chi connectivity index (χ1v) is 6.58. The van der Waals surface area contributed by atoms with E-state index >= 15 is 0 Å². The molecule has 0 unspecified atom stereocenters. The number of carboxylic acids is 1. The first-order chi connectivity index (χ1) is 10.0. The number of fused-ring (bicyclic) bond motifs is 1. The molecule has 2 atom stereocenters. The molecule has 0 aromatic heterocycles. The lowest BCUT2D eigenvalue weighted by molar-refractivity contribution is -0.144. The van der Waals surface area contributed by atoms with Gasteiger partial charge in [-0.15, -0.1) is 0 Å². The highest BCUT2D eigenvalue weighted by Crippen LogP contribution is 2.35. The van der Waals surface area contributed by atoms with E-state index in [2.05, 4.69) is 0 Å². The fraction of sp³-hybridized carbons (Fsp3) is 0.357. The van der Waals surface area contributed by atoms with Gasteiger partial charge in [0.25, 0.3) is 0 Å². The van der Waals surface area contributed by atoms with Crippen molar-refractivity contribution in [2.24, 2.45) is 0 Å². The predicted octanol–water partition coefficient (Wildman–Crippen LogP) is 1.00. The third kappa shape index (κ3) is 2.10. The predicted molar refractivity (Wildman–Crippen MR) is 73.4 cm³/mol. The first kappa shape index (κ1) is 13.4. The third-order valence-electron chi connectivity index (χ3n) is 3.84. The number of ether oxygens (including phenoxy) is 1. The van der Waals surface area contributed by atoms with Crippen molar-refractivity contribution in [2.45, 2.75) is 25.5 Å². The molecule has 2 aliphatic rings. The second-order valence-electron chi connectivity index (χ2n) is 5.20. The van der Waals surface area contributed by atoms with E-state index in [1.165, 1.54) is 4.90 Å². The highest BCUT2D eigenvalue weighted by atomic mass is 16.6. The molecule has 7 nitrogen and oxygen atoms in total. The van der Waals surface area contributed by atoms with Crippen LogP contribution >= 0.6 is 0 Å². The number of carbonyl (C=O) groups is 3. The Morgan fingerprint density at radius 3 is 2.86 bits per heavy atom. The van der Waals surface area contributed by atoms with Crippen LogP contribution in [0.1, 0.15) is 12.5 Å². The Hall–Kier alpha value is -2.57. The number of cyclic esters (lactones) is 1. The SMILES string of the molecule is C[C@@H]1Cc2cc(N3C[C@H](C(=O)O)OC3=O)ccc2N1C=O. The van der Waals surface area contributed by atoms with E-state index in [1.807, 2.05) is 6.92 Å². The number of benzene rings is 1. The number of amides is 2. The van der Waals surface area contributed by atoms with E-state index in [0.717, 1.165) is 17.7 Å². The first-order valence-electron chi connectivity index (χ1n) is 6.58. The molecule has 0 saturated carbocycles. The average molecular weight is 290 g/mol. The summed E-state index contributed by atoms with van der Waals surface area (Å²) in [5.41, 5.74) is 2.37. The minimum Gasteiger partial charge on any atom is -0.478 e. The van der Waals surface area contributed by atoms with Crippen LogP contribution in [0.15, 0.2) is 18.2 Å². The fourth-order valence-electron chi connectivity index (χ4n) is 2.77. The normalized spacial score (nSPS) is 24.0. The van der Waals surface area contributed by atoms with E-state index < -0.39 is 18.2 Å². The van der Waals surface area contributed by atoms with E-state index in [-0.39, 0.29) is 12.6 Å². The highest BCUT2D eigenvalue weighted by Gasteiger charge is 2.37. The molecule has 21 heavy (non-hydrogen) atoms. The van der Waals surface area contributed by atoms with Crippen LogP contribution in [0.4, 0.5) is 16.2 Å². The zero-order chi connectivity index (χ0) is 15.1. The number of hydrogen-bond acceptors (Lipinski definition) is 4. The third-order valence-corrected chi connectivity index (χ3v) is 3.84. The van der Waals surface area contributed by atoms with Crippen LogP contribution < -0.4 is 9.80 Å². The summed E-state index contributed by atoms with van der Waals surface area (Å²) in [6.45, 7) is 1.93. The minimum atomic E-state index is -1.16. The van der Waals surface area contributed by atoms with Crippen LogP contribution in [0.5, 0.6) is 0 Å². The van der Waals surface area contributed by atoms with Crippen molar-refractivity contribution < 1.29 is 24.2 Å². The van der Waals surface area contributed by atoms with Gasteiger partial charge < -0.3 is 14.7 Å². The zero-order valence-electron chi connectivity index (χ0n) is 11.4. The molecule has 1 aromatic carbocycles. The molecule has 3 rings (SSSR count). The number of nitrogens with zero attached hydrogens (tertiary/aromatic N) is 2. The Kier molecular flexibility index (Phi) is 3.04. The van der Waals surface area contributed by atoms with Crippen LogP contribution in [0.2, 0.25) is 0 Å². The molecule has 2 aliphatic heterocycles. The summed E-state index contributed by atoms with van der Waals surface area (Å²) in [6, 6.07) is 5.34. The van der Waals surface area contributed by atoms with Gasteiger partial charge in [0.05, 0.1) is 6.54 Å². The summed E-state index contributed by atoms with van der Waals surface area (Å²) in [5, 5.41) is 8.90. The monoisotopic (exact) mass is 290 g/mol. The van der Waals surface area contributed by atoms with Gasteiger partial charge in [-0.2, -0.15) is 0 Å². The minimum absolute atomic E-state index is 0.0140. The Bertz CT molecular complexity index is 630. The van der Waals surface area contributed by atoms with Crippen molar-refractivity contribution in [3.05, 3.63) is 23.8 Å². The van der Waals surface area contributed by atoms with Gasteiger partial charge in [0.2, 0.25) is 12.5 Å². The number of hydrogen-bond donors (Lipinski definition) is 1. The molecule has 0 bridgehead atoms. The molecular formula is C14H14N2O5. The molecule has 7 heteroatoms. The summed E-state index contributed by atoms with van der Waals surface area (Å²) >= 11 is 0. The number of aliphatic carboxylic acids is 1. The van der Waals surface area contributed by atoms with Crippen molar-refractivity contribution in [2.75, 3.05) is 16.3 Å². The van der Waals surface area contributed by atoms with Crippen LogP contribution in [0.3, 0.4) is 0 Å². The van der Waals surface area contributed by atoms with Gasteiger partial charge in [-0.25, -0.2) is 9.59 Å². The van der Waals surface area contributed by atoms with Crippen LogP contribution in [-0.2, 0) is 20.7 Å². The Morgan fingerprint density at radius 2 is 2.24 bits per heavy atom. The maximum Gasteiger partial charge on any atom is 0.415 e. The molecule has 1 aromatic rings. The fourth-order valence-corrected chi connectivity index (χ4v) is 2.77. The molecule has 110 valence electrons. The summed E-state index contributed by atoms with van der Waals surface area (Å²) in [4.78, 5) is 36.6. The molecule has 0 aliphatic carbocycles. The number of carbonyl (C=O) groups excluding carboxylic acids is 2. The topological polar surface area (TPSA) is 87.2 Å². The smallest absolute Gasteiger partial charge is 0.415 e. The average Bonchev–Trinajstić information content (AvgIpc) is 2.97. The van der Waals surface area contributed by atoms with Crippen LogP contribution in [0.25, 0.3) is 0 Å². The molecule has 1 fully saturated rings. The Labute approximate surface area is 120 Å². The van der Waals surface area contributed by atoms with Gasteiger partial charge >= 0.3 is 12.1 Å². The maximum absolute atomic E-state index is 11.7. The second-order valence-corrected chi connectivity index (χ2v) is 5.20. The molecule has 1 N–H and O–H groups in total. The van der Waals surface area contributed by atoms with E-state index in [1.54, 1.807) is 23.1 Å². The highest BCUT2D eigenvalue weighted by molar-refractivity contribution is 5.94. The molecule has 1 saturated heterocycles. The molecule has 2 heterocycles. The summed E-state index contributed by atoms with van der Waals surface area (Å²) in [5.74, 6) is -1.16. The van der Waals surface area contributed by atoms with Gasteiger partial charge in [-0.05, 0) is 37.1 Å². The van der Waals surface area contributed by atoms with Crippen LogP contribution in [-0.4, -0.2) is 42.3 Å². The van der Waals surface area contributed by atoms with Gasteiger partial charge in [0, 0.05) is 17.4 Å². The van der Waals surface area contributed by atoms with E-state index in [0.29, 0.717) is 12.1 Å². The number of anilines is 2. The van der Waals surface area contributed by atoms with Gasteiger partial charge in [0.1, 0.15) is 0 Å². The Morgan fingerprint density at radius 1 is 1.48 bits per heavy atom. The van der Waals surface area contributed by atoms with Crippen molar-refractivity contribution in [3.63, 3.8) is 0 Å². The standard InChI is InChI=1S/C14H14N2O5/c1-8-4-9-5-10(2-3-11(9)16(8)7-17)15-6-12(13(18)19)21-14(15)20/h2-3,5,7-8,12H,4,6H2,1H3,(H,18,19)/t8-,12-/m1/s1. The van der Waals surface area contributed by atoms with Crippen molar-refractivity contribution in [3.8, 4) is 0 Å². The lowest BCUT2D eigenvalue weighted by atomic mass is 10.1. The van der Waals surface area contributed by atoms with Gasteiger partial charge in [0.15, 0.2) is 0 Å². The van der Waals surface area contributed by atoms with Crippen molar-refractivity contribution in [1.29, 1.82) is 0 Å². The molecule has 0 spiro atoms. The van der Waals surface area contributed by atoms with Crippen LogP contribution in [0, 0.1) is 0 Å². The summed E-state index contributed by atoms with van der Waals surface area (Å²) in [7, 11) is 0. The zero-order valence-corrected chi connectivity index (χ0v) is 11.4. The molecular weight excluding hydrogens is 276 g/mol. The lowest BCUT2D eigenvalue weighted by Crippen LogP contribution is -2.27. The Balaban J connectivity index is 1.89. The quantitative estimate of drug-likeness (QED) is 0.839.